The van der Waals surface area contributed by atoms with Crippen molar-refractivity contribution in [2.45, 2.75) is 39.7 Å². The molecule has 1 atom stereocenters. The van der Waals surface area contributed by atoms with Crippen LogP contribution in [0.5, 0.6) is 0 Å². The number of hydrogen-bond acceptors (Lipinski definition) is 4. The normalized spacial score (nSPS) is 17.0. The molecular weight excluding hydrogens is 432 g/mol. The number of likely N-dealkylation sites (tertiary alicyclic amines) is 1. The van der Waals surface area contributed by atoms with Crippen molar-refractivity contribution in [2.75, 3.05) is 19.6 Å². The van der Waals surface area contributed by atoms with E-state index in [0.29, 0.717) is 17.9 Å². The molecule has 0 saturated carbocycles. The minimum absolute atomic E-state index is 0.0268. The summed E-state index contributed by atoms with van der Waals surface area (Å²) in [5, 5.41) is 4.05. The molecule has 1 fully saturated rings. The first-order valence-corrected chi connectivity index (χ1v) is 11.0. The van der Waals surface area contributed by atoms with Crippen molar-refractivity contribution in [3.05, 3.63) is 57.6 Å². The molecule has 0 aliphatic carbocycles. The van der Waals surface area contributed by atoms with Crippen LogP contribution in [0.4, 0.5) is 0 Å². The number of rotatable bonds is 5. The van der Waals surface area contributed by atoms with E-state index >= 15 is 0 Å². The van der Waals surface area contributed by atoms with Gasteiger partial charge >= 0.3 is 0 Å². The van der Waals surface area contributed by atoms with Gasteiger partial charge in [-0.25, -0.2) is 0 Å². The zero-order valence-electron chi connectivity index (χ0n) is 17.1. The summed E-state index contributed by atoms with van der Waals surface area (Å²) in [5.74, 6) is 2.73. The fraction of sp³-hybridized carbons (Fsp3) is 0.435. The van der Waals surface area contributed by atoms with Crippen molar-refractivity contribution in [2.24, 2.45) is 5.92 Å². The Morgan fingerprint density at radius 3 is 2.66 bits per heavy atom. The van der Waals surface area contributed by atoms with E-state index in [1.54, 1.807) is 0 Å². The quantitative estimate of drug-likeness (QED) is 0.539. The van der Waals surface area contributed by atoms with Crippen LogP contribution in [0.2, 0.25) is 0 Å². The van der Waals surface area contributed by atoms with Gasteiger partial charge in [-0.3, -0.25) is 9.69 Å². The summed E-state index contributed by atoms with van der Waals surface area (Å²) in [6.07, 6.45) is 2.34. The van der Waals surface area contributed by atoms with Gasteiger partial charge in [0.05, 0.1) is 6.04 Å². The molecule has 1 amide bonds. The maximum absolute atomic E-state index is 12.9. The number of piperidine rings is 1. The highest BCUT2D eigenvalue weighted by molar-refractivity contribution is 9.10. The fourth-order valence-corrected chi connectivity index (χ4v) is 4.41. The van der Waals surface area contributed by atoms with Crippen LogP contribution in [0, 0.1) is 19.8 Å². The third-order valence-corrected chi connectivity index (χ3v) is 6.40. The van der Waals surface area contributed by atoms with E-state index in [2.05, 4.69) is 33.1 Å². The third-order valence-electron chi connectivity index (χ3n) is 5.91. The number of carbonyl (C=O) groups excluding carboxylic acids is 1. The maximum Gasteiger partial charge on any atom is 0.287 e. The zero-order chi connectivity index (χ0) is 20.5. The van der Waals surface area contributed by atoms with Crippen LogP contribution in [0.3, 0.4) is 0 Å². The van der Waals surface area contributed by atoms with Crippen LogP contribution < -0.4 is 5.32 Å². The predicted octanol–water partition coefficient (Wildman–Crippen LogP) is 5.61. The molecule has 1 N–H and O–H groups in total. The van der Waals surface area contributed by atoms with Gasteiger partial charge in [0.1, 0.15) is 17.1 Å². The Bertz CT molecular complexity index is 1010. The van der Waals surface area contributed by atoms with Crippen molar-refractivity contribution in [1.82, 2.24) is 10.2 Å². The average Bonchev–Trinajstić information content (AvgIpc) is 3.26. The lowest BCUT2D eigenvalue weighted by Crippen LogP contribution is -2.41. The number of amides is 1. The molecule has 1 aromatic carbocycles. The van der Waals surface area contributed by atoms with E-state index in [-0.39, 0.29) is 11.9 Å². The molecule has 2 aromatic heterocycles. The highest BCUT2D eigenvalue weighted by atomic mass is 79.9. The van der Waals surface area contributed by atoms with Gasteiger partial charge in [0.2, 0.25) is 0 Å². The summed E-state index contributed by atoms with van der Waals surface area (Å²) in [6, 6.07) is 9.85. The Labute approximate surface area is 179 Å². The Morgan fingerprint density at radius 2 is 1.97 bits per heavy atom. The maximum atomic E-state index is 12.9. The second-order valence-electron chi connectivity index (χ2n) is 8.09. The van der Waals surface area contributed by atoms with Crippen LogP contribution in [0.25, 0.3) is 11.0 Å². The Morgan fingerprint density at radius 1 is 1.21 bits per heavy atom. The first-order chi connectivity index (χ1) is 13.9. The van der Waals surface area contributed by atoms with Crippen molar-refractivity contribution < 1.29 is 13.6 Å². The van der Waals surface area contributed by atoms with E-state index in [1.807, 2.05) is 44.2 Å². The first kappa shape index (κ1) is 20.2. The molecule has 5 nitrogen and oxygen atoms in total. The summed E-state index contributed by atoms with van der Waals surface area (Å²) in [5.41, 5.74) is 1.58. The fourth-order valence-electron chi connectivity index (χ4n) is 4.07. The van der Waals surface area contributed by atoms with E-state index in [9.17, 15) is 4.79 Å². The molecule has 29 heavy (non-hydrogen) atoms. The van der Waals surface area contributed by atoms with Gasteiger partial charge < -0.3 is 14.2 Å². The van der Waals surface area contributed by atoms with Crippen LogP contribution in [-0.2, 0) is 0 Å². The van der Waals surface area contributed by atoms with E-state index in [0.717, 1.165) is 46.0 Å². The number of carbonyl (C=O) groups is 1. The lowest BCUT2D eigenvalue weighted by molar-refractivity contribution is 0.0871. The van der Waals surface area contributed by atoms with Gasteiger partial charge in [0.25, 0.3) is 5.91 Å². The van der Waals surface area contributed by atoms with Crippen molar-refractivity contribution in [1.29, 1.82) is 0 Å². The van der Waals surface area contributed by atoms with Gasteiger partial charge in [0, 0.05) is 22.0 Å². The summed E-state index contributed by atoms with van der Waals surface area (Å²) < 4.78 is 12.7. The number of hydrogen-bond donors (Lipinski definition) is 1. The van der Waals surface area contributed by atoms with Crippen LogP contribution in [-0.4, -0.2) is 30.4 Å². The molecule has 3 aromatic rings. The molecule has 4 rings (SSSR count). The monoisotopic (exact) mass is 458 g/mol. The number of nitrogens with zero attached hydrogens (tertiary/aromatic N) is 1. The topological polar surface area (TPSA) is 58.6 Å². The molecule has 3 heterocycles. The Kier molecular flexibility index (Phi) is 5.83. The lowest BCUT2D eigenvalue weighted by Gasteiger charge is -2.35. The molecule has 1 aliphatic rings. The smallest absolute Gasteiger partial charge is 0.287 e. The molecule has 0 bridgehead atoms. The molecule has 0 radical (unpaired) electrons. The summed E-state index contributed by atoms with van der Waals surface area (Å²) in [7, 11) is 0. The molecule has 1 aliphatic heterocycles. The molecule has 6 heteroatoms. The van der Waals surface area contributed by atoms with Crippen molar-refractivity contribution in [3.8, 4) is 0 Å². The van der Waals surface area contributed by atoms with Crippen LogP contribution in [0.15, 0.2) is 43.6 Å². The largest absolute Gasteiger partial charge is 0.465 e. The molecule has 1 saturated heterocycles. The van der Waals surface area contributed by atoms with Gasteiger partial charge in [-0.2, -0.15) is 0 Å². The second-order valence-corrected chi connectivity index (χ2v) is 9.01. The minimum Gasteiger partial charge on any atom is -0.465 e. The molecule has 0 spiro atoms. The highest BCUT2D eigenvalue weighted by Crippen LogP contribution is 2.30. The molecular formula is C23H27BrN2O3. The highest BCUT2D eigenvalue weighted by Gasteiger charge is 2.28. The van der Waals surface area contributed by atoms with Crippen LogP contribution in [0.1, 0.15) is 53.4 Å². The van der Waals surface area contributed by atoms with Crippen molar-refractivity contribution >= 4 is 32.8 Å². The van der Waals surface area contributed by atoms with E-state index in [1.165, 1.54) is 12.8 Å². The third kappa shape index (κ3) is 4.28. The summed E-state index contributed by atoms with van der Waals surface area (Å²) in [6.45, 7) is 8.69. The van der Waals surface area contributed by atoms with Gasteiger partial charge in [-0.1, -0.05) is 22.9 Å². The summed E-state index contributed by atoms with van der Waals surface area (Å²) >= 11 is 3.45. The number of fused-ring (bicyclic) bond motifs is 1. The second kappa shape index (κ2) is 8.36. The number of furan rings is 2. The Balaban J connectivity index is 1.52. The van der Waals surface area contributed by atoms with Crippen molar-refractivity contribution in [3.63, 3.8) is 0 Å². The molecule has 154 valence electrons. The number of benzene rings is 1. The van der Waals surface area contributed by atoms with Gasteiger partial charge in [0.15, 0.2) is 5.76 Å². The van der Waals surface area contributed by atoms with Gasteiger partial charge in [-0.05, 0) is 76.0 Å². The zero-order valence-corrected chi connectivity index (χ0v) is 18.7. The Hall–Kier alpha value is -2.05. The van der Waals surface area contributed by atoms with Crippen LogP contribution >= 0.6 is 15.9 Å². The predicted molar refractivity (Wildman–Crippen MR) is 117 cm³/mol. The van der Waals surface area contributed by atoms with Gasteiger partial charge in [-0.15, -0.1) is 0 Å². The standard InChI is InChI=1S/C23H27BrN2O3/c1-14-8-10-26(11-9-14)19(20-7-4-15(2)28-20)13-25-23(27)22-16(3)18-6-5-17(24)12-21(18)29-22/h4-7,12,14,19H,8-11,13H2,1-3H3,(H,25,27)/t19-/m1/s1. The summed E-state index contributed by atoms with van der Waals surface area (Å²) in [4.78, 5) is 15.3. The minimum atomic E-state index is -0.187. The number of aryl methyl sites for hydroxylation is 2. The number of nitrogens with one attached hydrogen (secondary N) is 1. The SMILES string of the molecule is Cc1ccc([C@@H](CNC(=O)c2oc3cc(Br)ccc3c2C)N2CCC(C)CC2)o1. The van der Waals surface area contributed by atoms with E-state index in [4.69, 9.17) is 8.83 Å². The number of halogens is 1. The first-order valence-electron chi connectivity index (χ1n) is 10.2. The van der Waals surface area contributed by atoms with E-state index < -0.39 is 0 Å². The lowest BCUT2D eigenvalue weighted by atomic mass is 9.97. The molecule has 0 unspecified atom stereocenters. The average molecular weight is 459 g/mol.